The summed E-state index contributed by atoms with van der Waals surface area (Å²) in [5.41, 5.74) is 4.47. The number of ether oxygens (including phenoxy) is 1. The molecule has 4 rings (SSSR count). The molecule has 0 saturated carbocycles. The van der Waals surface area contributed by atoms with Gasteiger partial charge < -0.3 is 14.6 Å². The van der Waals surface area contributed by atoms with Crippen LogP contribution in [0.4, 0.5) is 18.9 Å². The summed E-state index contributed by atoms with van der Waals surface area (Å²) in [6.07, 6.45) is 5.33. The van der Waals surface area contributed by atoms with E-state index in [-0.39, 0.29) is 36.9 Å². The number of allylic oxidation sites excluding steroid dienone is 1. The van der Waals surface area contributed by atoms with Crippen LogP contribution in [0.2, 0.25) is 0 Å². The van der Waals surface area contributed by atoms with E-state index in [0.717, 1.165) is 34.5 Å². The van der Waals surface area contributed by atoms with Gasteiger partial charge in [0.2, 0.25) is 0 Å². The summed E-state index contributed by atoms with van der Waals surface area (Å²) in [6, 6.07) is 10.8. The largest absolute Gasteiger partial charge is 0.361 e. The van der Waals surface area contributed by atoms with Crippen LogP contribution in [0.1, 0.15) is 36.1 Å². The molecule has 0 fully saturated rings. The summed E-state index contributed by atoms with van der Waals surface area (Å²) >= 11 is 0. The van der Waals surface area contributed by atoms with Crippen LogP contribution in [0.25, 0.3) is 11.6 Å². The molecule has 1 aromatic heterocycles. The lowest BCUT2D eigenvalue weighted by Crippen LogP contribution is -2.25. The van der Waals surface area contributed by atoms with Crippen LogP contribution in [0, 0.1) is 17.5 Å². The highest BCUT2D eigenvalue weighted by molar-refractivity contribution is 6.32. The number of hydrogen-bond acceptors (Lipinski definition) is 4. The second kappa shape index (κ2) is 11.4. The fourth-order valence-electron chi connectivity index (χ4n) is 4.08. The molecule has 0 saturated heterocycles. The van der Waals surface area contributed by atoms with Crippen LogP contribution in [0.3, 0.4) is 0 Å². The molecule has 192 valence electrons. The molecule has 0 bridgehead atoms. The smallest absolute Gasteiger partial charge is 0.256 e. The van der Waals surface area contributed by atoms with Gasteiger partial charge in [-0.15, -0.1) is 0 Å². The lowest BCUT2D eigenvalue weighted by molar-refractivity contribution is -0.110. The average Bonchev–Trinajstić information content (AvgIpc) is 3.19. The second-order valence-corrected chi connectivity index (χ2v) is 8.82. The van der Waals surface area contributed by atoms with E-state index < -0.39 is 17.5 Å². The molecule has 0 aliphatic carbocycles. The molecular formula is C28H26F3N3O3. The van der Waals surface area contributed by atoms with Crippen molar-refractivity contribution in [3.05, 3.63) is 110 Å². The molecule has 37 heavy (non-hydrogen) atoms. The first-order valence-electron chi connectivity index (χ1n) is 11.6. The van der Waals surface area contributed by atoms with Crippen molar-refractivity contribution in [3.63, 3.8) is 0 Å². The molecule has 1 aliphatic rings. The third kappa shape index (κ3) is 6.07. The Kier molecular flexibility index (Phi) is 8.05. The van der Waals surface area contributed by atoms with E-state index in [1.165, 1.54) is 10.8 Å². The topological polar surface area (TPSA) is 72.4 Å². The Hall–Kier alpha value is -3.95. The van der Waals surface area contributed by atoms with Gasteiger partial charge in [0.1, 0.15) is 0 Å². The number of halogens is 3. The fraction of sp³-hybridized carbons (Fsp3) is 0.214. The number of aromatic nitrogens is 1. The first kappa shape index (κ1) is 26.1. The highest BCUT2D eigenvalue weighted by Crippen LogP contribution is 2.34. The zero-order chi connectivity index (χ0) is 26.5. The quantitative estimate of drug-likeness (QED) is 0.188. The van der Waals surface area contributed by atoms with Gasteiger partial charge in [0.05, 0.1) is 19.9 Å². The minimum Gasteiger partial charge on any atom is -0.361 e. The predicted molar refractivity (Wildman–Crippen MR) is 136 cm³/mol. The molecule has 0 spiro atoms. The molecule has 1 aliphatic heterocycles. The van der Waals surface area contributed by atoms with Gasteiger partial charge in [-0.3, -0.25) is 14.9 Å². The van der Waals surface area contributed by atoms with Gasteiger partial charge in [0, 0.05) is 35.1 Å². The van der Waals surface area contributed by atoms with E-state index in [9.17, 15) is 22.8 Å². The summed E-state index contributed by atoms with van der Waals surface area (Å²) < 4.78 is 46.9. The Labute approximate surface area is 212 Å². The third-order valence-electron chi connectivity index (χ3n) is 5.82. The van der Waals surface area contributed by atoms with E-state index in [0.29, 0.717) is 17.7 Å². The van der Waals surface area contributed by atoms with E-state index in [1.54, 1.807) is 12.1 Å². The van der Waals surface area contributed by atoms with Crippen molar-refractivity contribution in [1.29, 1.82) is 0 Å². The van der Waals surface area contributed by atoms with Crippen molar-refractivity contribution < 1.29 is 22.7 Å². The SMILES string of the molecule is CC(C)=C1C(=O)Nc2cc(/C=C/CNCOCc3cccn(Cc4cc(F)c(F)c(F)c4)c3=O)ccc21. The number of pyridine rings is 1. The zero-order valence-electron chi connectivity index (χ0n) is 20.4. The maximum Gasteiger partial charge on any atom is 0.256 e. The molecule has 0 unspecified atom stereocenters. The second-order valence-electron chi connectivity index (χ2n) is 8.82. The van der Waals surface area contributed by atoms with Crippen molar-refractivity contribution in [1.82, 2.24) is 9.88 Å². The Morgan fingerprint density at radius 2 is 1.84 bits per heavy atom. The maximum absolute atomic E-state index is 13.5. The molecular weight excluding hydrogens is 483 g/mol. The van der Waals surface area contributed by atoms with Gasteiger partial charge >= 0.3 is 0 Å². The molecule has 1 amide bonds. The predicted octanol–water partition coefficient (Wildman–Crippen LogP) is 4.84. The summed E-state index contributed by atoms with van der Waals surface area (Å²) in [7, 11) is 0. The number of nitrogens with zero attached hydrogens (tertiary/aromatic N) is 1. The van der Waals surface area contributed by atoms with Gasteiger partial charge in [-0.2, -0.15) is 0 Å². The Morgan fingerprint density at radius 3 is 2.57 bits per heavy atom. The van der Waals surface area contributed by atoms with E-state index >= 15 is 0 Å². The molecule has 9 heteroatoms. The number of rotatable bonds is 9. The van der Waals surface area contributed by atoms with Crippen molar-refractivity contribution in [2.45, 2.75) is 27.0 Å². The van der Waals surface area contributed by atoms with Crippen molar-refractivity contribution in [2.75, 3.05) is 18.6 Å². The normalized spacial score (nSPS) is 12.8. The summed E-state index contributed by atoms with van der Waals surface area (Å²) in [5.74, 6) is -4.23. The standard InChI is InChI=1S/C28H26F3N3O3/c1-17(2)25-21-8-7-18(13-24(21)33-27(25)35)5-3-9-32-16-37-15-20-6-4-10-34(28(20)36)14-19-11-22(29)26(31)23(30)12-19/h3-8,10-13,32H,9,14-16H2,1-2H3,(H,33,35)/b5-3+. The lowest BCUT2D eigenvalue weighted by Gasteiger charge is -2.10. The molecule has 2 heterocycles. The van der Waals surface area contributed by atoms with Crippen molar-refractivity contribution in [2.24, 2.45) is 0 Å². The monoisotopic (exact) mass is 509 g/mol. The number of carbonyl (C=O) groups is 1. The van der Waals surface area contributed by atoms with E-state index in [2.05, 4.69) is 10.6 Å². The van der Waals surface area contributed by atoms with Gasteiger partial charge in [0.15, 0.2) is 17.5 Å². The summed E-state index contributed by atoms with van der Waals surface area (Å²) in [6.45, 7) is 4.47. The molecule has 0 atom stereocenters. The summed E-state index contributed by atoms with van der Waals surface area (Å²) in [5, 5.41) is 5.98. The molecule has 0 radical (unpaired) electrons. The Bertz CT molecular complexity index is 1430. The number of anilines is 1. The average molecular weight is 510 g/mol. The number of amides is 1. The Balaban J connectivity index is 1.26. The molecule has 2 N–H and O–H groups in total. The van der Waals surface area contributed by atoms with E-state index in [1.807, 2.05) is 44.2 Å². The van der Waals surface area contributed by atoms with Crippen LogP contribution < -0.4 is 16.2 Å². The van der Waals surface area contributed by atoms with Crippen LogP contribution in [-0.2, 0) is 22.7 Å². The summed E-state index contributed by atoms with van der Waals surface area (Å²) in [4.78, 5) is 24.8. The van der Waals surface area contributed by atoms with Gasteiger partial charge in [0.25, 0.3) is 11.5 Å². The number of nitrogens with one attached hydrogen (secondary N) is 2. The Morgan fingerprint density at radius 1 is 1.08 bits per heavy atom. The van der Waals surface area contributed by atoms with Crippen molar-refractivity contribution >= 4 is 23.2 Å². The molecule has 6 nitrogen and oxygen atoms in total. The number of hydrogen-bond donors (Lipinski definition) is 2. The highest BCUT2D eigenvalue weighted by Gasteiger charge is 2.24. The highest BCUT2D eigenvalue weighted by atomic mass is 19.2. The maximum atomic E-state index is 13.5. The fourth-order valence-corrected chi connectivity index (χ4v) is 4.08. The minimum atomic E-state index is -1.54. The first-order valence-corrected chi connectivity index (χ1v) is 11.6. The van der Waals surface area contributed by atoms with E-state index in [4.69, 9.17) is 4.74 Å². The van der Waals surface area contributed by atoms with Gasteiger partial charge in [-0.05, 0) is 55.3 Å². The number of benzene rings is 2. The van der Waals surface area contributed by atoms with Crippen LogP contribution in [-0.4, -0.2) is 23.7 Å². The van der Waals surface area contributed by atoms with Gasteiger partial charge in [-0.1, -0.05) is 29.9 Å². The molecule has 2 aromatic carbocycles. The van der Waals surface area contributed by atoms with Crippen LogP contribution in [0.5, 0.6) is 0 Å². The number of carbonyl (C=O) groups excluding carboxylic acids is 1. The minimum absolute atomic E-state index is 0.0414. The van der Waals surface area contributed by atoms with Crippen LogP contribution >= 0.6 is 0 Å². The zero-order valence-corrected chi connectivity index (χ0v) is 20.4. The molecule has 3 aromatic rings. The van der Waals surface area contributed by atoms with Crippen molar-refractivity contribution in [3.8, 4) is 0 Å². The first-order chi connectivity index (χ1) is 17.7. The lowest BCUT2D eigenvalue weighted by atomic mass is 10.0. The van der Waals surface area contributed by atoms with Gasteiger partial charge in [-0.25, -0.2) is 13.2 Å². The van der Waals surface area contributed by atoms with Crippen LogP contribution in [0.15, 0.2) is 65.1 Å². The number of fused-ring (bicyclic) bond motifs is 1. The third-order valence-corrected chi connectivity index (χ3v) is 5.82.